The molecule has 25 heavy (non-hydrogen) atoms. The van der Waals surface area contributed by atoms with Crippen molar-refractivity contribution in [1.29, 1.82) is 0 Å². The van der Waals surface area contributed by atoms with Crippen molar-refractivity contribution in [3.8, 4) is 0 Å². The second kappa shape index (κ2) is 5.47. The predicted octanol–water partition coefficient (Wildman–Crippen LogP) is 6.34. The Bertz CT molecular complexity index is 818. The van der Waals surface area contributed by atoms with Gasteiger partial charge in [-0.2, -0.15) is 0 Å². The first-order valence-electron chi connectivity index (χ1n) is 10.3. The molecule has 2 fully saturated rings. The normalized spacial score (nSPS) is 22.8. The highest BCUT2D eigenvalue weighted by Crippen LogP contribution is 2.57. The summed E-state index contributed by atoms with van der Waals surface area (Å²) < 4.78 is 0. The van der Waals surface area contributed by atoms with E-state index >= 15 is 0 Å². The average Bonchev–Trinajstić information content (AvgIpc) is 3.51. The van der Waals surface area contributed by atoms with Crippen LogP contribution in [0.25, 0.3) is 0 Å². The van der Waals surface area contributed by atoms with Crippen molar-refractivity contribution in [2.45, 2.75) is 82.5 Å². The van der Waals surface area contributed by atoms with E-state index in [4.69, 9.17) is 0 Å². The highest BCUT2D eigenvalue weighted by Gasteiger charge is 2.48. The molecule has 2 aromatic carbocycles. The summed E-state index contributed by atoms with van der Waals surface area (Å²) in [4.78, 5) is 0. The van der Waals surface area contributed by atoms with Crippen molar-refractivity contribution in [2.75, 3.05) is 0 Å². The van der Waals surface area contributed by atoms with Crippen molar-refractivity contribution in [1.82, 2.24) is 0 Å². The highest BCUT2D eigenvalue weighted by atomic mass is 14.5. The maximum Gasteiger partial charge on any atom is -0.00403 e. The van der Waals surface area contributed by atoms with Gasteiger partial charge >= 0.3 is 0 Å². The first-order valence-corrected chi connectivity index (χ1v) is 10.3. The molecular formula is C25H30. The van der Waals surface area contributed by atoms with Gasteiger partial charge in [0, 0.05) is 0 Å². The molecule has 0 amide bonds. The van der Waals surface area contributed by atoms with Crippen molar-refractivity contribution in [2.24, 2.45) is 0 Å². The van der Waals surface area contributed by atoms with E-state index in [9.17, 15) is 0 Å². The molecule has 2 spiro atoms. The van der Waals surface area contributed by atoms with Crippen LogP contribution >= 0.6 is 0 Å². The third kappa shape index (κ3) is 2.65. The zero-order valence-electron chi connectivity index (χ0n) is 15.8. The van der Waals surface area contributed by atoms with Gasteiger partial charge in [-0.3, -0.25) is 0 Å². The van der Waals surface area contributed by atoms with Gasteiger partial charge in [0.1, 0.15) is 0 Å². The molecule has 0 heterocycles. The van der Waals surface area contributed by atoms with E-state index in [1.54, 1.807) is 22.3 Å². The number of aryl methyl sites for hydroxylation is 4. The fraction of sp³-hybridized carbons (Fsp3) is 0.520. The molecule has 2 aromatic rings. The molecule has 0 unspecified atom stereocenters. The molecule has 0 aromatic heterocycles. The summed E-state index contributed by atoms with van der Waals surface area (Å²) >= 11 is 0. The lowest BCUT2D eigenvalue weighted by Crippen LogP contribution is -2.15. The minimum absolute atomic E-state index is 0.652. The first kappa shape index (κ1) is 15.7. The van der Waals surface area contributed by atoms with Crippen LogP contribution in [0, 0.1) is 13.8 Å². The molecule has 0 N–H and O–H groups in total. The van der Waals surface area contributed by atoms with Gasteiger partial charge in [-0.1, -0.05) is 47.5 Å². The summed E-state index contributed by atoms with van der Waals surface area (Å²) in [5, 5.41) is 0. The van der Waals surface area contributed by atoms with Crippen LogP contribution in [0.15, 0.2) is 36.4 Å². The Hall–Kier alpha value is -1.56. The lowest BCUT2D eigenvalue weighted by molar-refractivity contribution is 0.541. The molecule has 6 rings (SSSR count). The summed E-state index contributed by atoms with van der Waals surface area (Å²) in [6.45, 7) is 4.42. The predicted molar refractivity (Wildman–Crippen MR) is 105 cm³/mol. The van der Waals surface area contributed by atoms with Gasteiger partial charge in [0.15, 0.2) is 0 Å². The Morgan fingerprint density at radius 3 is 1.68 bits per heavy atom. The van der Waals surface area contributed by atoms with E-state index in [1.165, 1.54) is 68.9 Å². The standard InChI is InChI=1S/C13H16.C12H14/c1-10-4-5-11-3-2-6-13(7-8-13)12(11)9-10;1-9-2-3-10-4-5-12(6-7-12)11(10)8-9/h4-5,9H,2-3,6-8H2,1H3;2-3,8H,4-7H2,1H3. The fourth-order valence-electron chi connectivity index (χ4n) is 5.40. The molecule has 4 aliphatic rings. The van der Waals surface area contributed by atoms with Gasteiger partial charge in [-0.05, 0) is 105 Å². The lowest BCUT2D eigenvalue weighted by Gasteiger charge is -2.25. The second-order valence-corrected chi connectivity index (χ2v) is 9.24. The smallest absolute Gasteiger partial charge is 0.00403 e. The largest absolute Gasteiger partial charge is 0.0590 e. The molecule has 130 valence electrons. The zero-order chi connectivity index (χ0) is 17.1. The van der Waals surface area contributed by atoms with Gasteiger partial charge in [0.05, 0.1) is 0 Å². The maximum atomic E-state index is 2.43. The van der Waals surface area contributed by atoms with E-state index in [1.807, 2.05) is 0 Å². The monoisotopic (exact) mass is 330 g/mol. The van der Waals surface area contributed by atoms with Crippen LogP contribution < -0.4 is 0 Å². The van der Waals surface area contributed by atoms with Crippen molar-refractivity contribution >= 4 is 0 Å². The molecular weight excluding hydrogens is 300 g/mol. The van der Waals surface area contributed by atoms with Gasteiger partial charge in [-0.25, -0.2) is 0 Å². The first-order chi connectivity index (χ1) is 12.1. The topological polar surface area (TPSA) is 0 Å². The molecule has 4 aliphatic carbocycles. The number of benzene rings is 2. The Morgan fingerprint density at radius 1 is 0.600 bits per heavy atom. The fourth-order valence-corrected chi connectivity index (χ4v) is 5.40. The summed E-state index contributed by atoms with van der Waals surface area (Å²) in [5.41, 5.74) is 10.8. The number of rotatable bonds is 0. The molecule has 0 heteroatoms. The highest BCUT2D eigenvalue weighted by molar-refractivity contribution is 5.45. The minimum Gasteiger partial charge on any atom is -0.0590 e. The van der Waals surface area contributed by atoms with Gasteiger partial charge in [0.2, 0.25) is 0 Å². The quantitative estimate of drug-likeness (QED) is 0.529. The Kier molecular flexibility index (Phi) is 3.43. The number of hydrogen-bond donors (Lipinski definition) is 0. The van der Waals surface area contributed by atoms with E-state index in [-0.39, 0.29) is 0 Å². The molecule has 0 radical (unpaired) electrons. The summed E-state index contributed by atoms with van der Waals surface area (Å²) in [6.07, 6.45) is 12.7. The van der Waals surface area contributed by atoms with Crippen LogP contribution in [0.4, 0.5) is 0 Å². The van der Waals surface area contributed by atoms with E-state index in [0.717, 1.165) is 0 Å². The molecule has 0 bridgehead atoms. The van der Waals surface area contributed by atoms with Gasteiger partial charge < -0.3 is 0 Å². The van der Waals surface area contributed by atoms with Crippen molar-refractivity contribution in [3.63, 3.8) is 0 Å². The third-order valence-corrected chi connectivity index (χ3v) is 7.35. The molecule has 2 saturated carbocycles. The Morgan fingerprint density at radius 2 is 1.12 bits per heavy atom. The summed E-state index contributed by atoms with van der Waals surface area (Å²) in [7, 11) is 0. The van der Waals surface area contributed by atoms with Crippen LogP contribution in [0.2, 0.25) is 0 Å². The van der Waals surface area contributed by atoms with Crippen LogP contribution in [-0.4, -0.2) is 0 Å². The third-order valence-electron chi connectivity index (χ3n) is 7.35. The Balaban J connectivity index is 0.000000112. The van der Waals surface area contributed by atoms with Gasteiger partial charge in [0.25, 0.3) is 0 Å². The average molecular weight is 331 g/mol. The lowest BCUT2D eigenvalue weighted by atomic mass is 9.79. The summed E-state index contributed by atoms with van der Waals surface area (Å²) in [6, 6.07) is 14.0. The molecule has 0 saturated heterocycles. The van der Waals surface area contributed by atoms with Crippen molar-refractivity contribution in [3.05, 3.63) is 69.8 Å². The SMILES string of the molecule is Cc1ccc2c(c1)C1(CC2)CC1.Cc1ccc2c(c1)C1(CCC2)CC1. The van der Waals surface area contributed by atoms with E-state index in [2.05, 4.69) is 50.2 Å². The van der Waals surface area contributed by atoms with Crippen LogP contribution in [0.3, 0.4) is 0 Å². The van der Waals surface area contributed by atoms with Crippen molar-refractivity contribution < 1.29 is 0 Å². The van der Waals surface area contributed by atoms with Crippen LogP contribution in [0.1, 0.15) is 78.3 Å². The molecule has 0 atom stereocenters. The minimum atomic E-state index is 0.652. The number of hydrogen-bond acceptors (Lipinski definition) is 0. The number of fused-ring (bicyclic) bond motifs is 4. The Labute approximate surface area is 152 Å². The second-order valence-electron chi connectivity index (χ2n) is 9.24. The van der Waals surface area contributed by atoms with Gasteiger partial charge in [-0.15, -0.1) is 0 Å². The molecule has 0 aliphatic heterocycles. The molecule has 0 nitrogen and oxygen atoms in total. The van der Waals surface area contributed by atoms with E-state index in [0.29, 0.717) is 10.8 Å². The summed E-state index contributed by atoms with van der Waals surface area (Å²) in [5.74, 6) is 0. The van der Waals surface area contributed by atoms with Crippen LogP contribution in [0.5, 0.6) is 0 Å². The maximum absolute atomic E-state index is 2.43. The van der Waals surface area contributed by atoms with Crippen LogP contribution in [-0.2, 0) is 23.7 Å². The van der Waals surface area contributed by atoms with E-state index < -0.39 is 0 Å². The zero-order valence-corrected chi connectivity index (χ0v) is 15.8.